The zero-order valence-electron chi connectivity index (χ0n) is 12.9. The number of amides is 2. The van der Waals surface area contributed by atoms with Crippen LogP contribution >= 0.6 is 24.0 Å². The average Bonchev–Trinajstić information content (AvgIpc) is 2.75. The van der Waals surface area contributed by atoms with Crippen molar-refractivity contribution in [1.29, 1.82) is 0 Å². The fourth-order valence-electron chi connectivity index (χ4n) is 1.92. The summed E-state index contributed by atoms with van der Waals surface area (Å²) in [6.45, 7) is 3.70. The van der Waals surface area contributed by atoms with E-state index in [0.29, 0.717) is 23.0 Å². The maximum absolute atomic E-state index is 12.3. The molecule has 2 amide bonds. The van der Waals surface area contributed by atoms with Gasteiger partial charge in [0.1, 0.15) is 0 Å². The molecule has 1 aliphatic rings. The molecule has 1 saturated heterocycles. The highest BCUT2D eigenvalue weighted by molar-refractivity contribution is 8.26. The molecule has 1 aromatic rings. The van der Waals surface area contributed by atoms with Gasteiger partial charge in [0.15, 0.2) is 15.8 Å². The van der Waals surface area contributed by atoms with Crippen LogP contribution in [0.25, 0.3) is 6.08 Å². The largest absolute Gasteiger partial charge is 0.493 e. The Morgan fingerprint density at radius 3 is 2.78 bits per heavy atom. The monoisotopic (exact) mass is 352 g/mol. The molecule has 0 aromatic heterocycles. The molecule has 0 aliphatic carbocycles. The van der Waals surface area contributed by atoms with Crippen LogP contribution in [0.3, 0.4) is 0 Å². The first-order chi connectivity index (χ1) is 11.0. The summed E-state index contributed by atoms with van der Waals surface area (Å²) in [5.41, 5.74) is 3.18. The van der Waals surface area contributed by atoms with Gasteiger partial charge >= 0.3 is 0 Å². The number of benzene rings is 1. The number of hydrogen-bond donors (Lipinski definition) is 1. The maximum atomic E-state index is 12.3. The fraction of sp³-hybridized carbons (Fsp3) is 0.267. The Balaban J connectivity index is 2.28. The number of thioether (sulfide) groups is 1. The van der Waals surface area contributed by atoms with Crippen LogP contribution in [0.4, 0.5) is 0 Å². The summed E-state index contributed by atoms with van der Waals surface area (Å²) < 4.78 is 11.0. The summed E-state index contributed by atoms with van der Waals surface area (Å²) >= 11 is 6.23. The van der Waals surface area contributed by atoms with Gasteiger partial charge in [0.25, 0.3) is 5.91 Å². The minimum Gasteiger partial charge on any atom is -0.493 e. The zero-order chi connectivity index (χ0) is 17.0. The van der Waals surface area contributed by atoms with Crippen molar-refractivity contribution in [2.75, 3.05) is 13.7 Å². The standard InChI is InChI=1S/C15H16N2O4S2/c1-4-21-12-7-10(5-6-11(12)20-3)8-13-14(19)17(15(22)23-13)16-9(2)18/h5-8H,4H2,1-3H3,(H,16,18)/b13-8+. The van der Waals surface area contributed by atoms with Gasteiger partial charge in [-0.25, -0.2) is 0 Å². The number of nitrogens with zero attached hydrogens (tertiary/aromatic N) is 1. The van der Waals surface area contributed by atoms with Crippen LogP contribution in [0.2, 0.25) is 0 Å². The van der Waals surface area contributed by atoms with Gasteiger partial charge in [-0.1, -0.05) is 17.8 Å². The smallest absolute Gasteiger partial charge is 0.285 e. The predicted octanol–water partition coefficient (Wildman–Crippen LogP) is 2.35. The SMILES string of the molecule is CCOc1cc(/C=C2/SC(=S)N(NC(C)=O)C2=O)ccc1OC. The molecule has 1 aliphatic heterocycles. The minimum atomic E-state index is -0.357. The van der Waals surface area contributed by atoms with E-state index in [1.807, 2.05) is 13.0 Å². The lowest BCUT2D eigenvalue weighted by atomic mass is 10.2. The van der Waals surface area contributed by atoms with Crippen LogP contribution in [0.15, 0.2) is 23.1 Å². The van der Waals surface area contributed by atoms with Gasteiger partial charge in [-0.3, -0.25) is 15.0 Å². The molecule has 122 valence electrons. The molecular weight excluding hydrogens is 336 g/mol. The number of ether oxygens (including phenoxy) is 2. The molecule has 0 unspecified atom stereocenters. The Hall–Kier alpha value is -2.06. The molecule has 1 fully saturated rings. The number of carbonyl (C=O) groups is 2. The van der Waals surface area contributed by atoms with Crippen molar-refractivity contribution in [3.63, 3.8) is 0 Å². The van der Waals surface area contributed by atoms with Crippen LogP contribution in [-0.2, 0) is 9.59 Å². The van der Waals surface area contributed by atoms with Gasteiger partial charge in [0.2, 0.25) is 5.91 Å². The van der Waals surface area contributed by atoms with Crippen molar-refractivity contribution in [3.8, 4) is 11.5 Å². The first kappa shape index (κ1) is 17.3. The third-order valence-electron chi connectivity index (χ3n) is 2.85. The lowest BCUT2D eigenvalue weighted by molar-refractivity contribution is -0.131. The van der Waals surface area contributed by atoms with E-state index in [2.05, 4.69) is 5.43 Å². The molecule has 0 bridgehead atoms. The summed E-state index contributed by atoms with van der Waals surface area (Å²) in [7, 11) is 1.57. The Kier molecular flexibility index (Phi) is 5.62. The van der Waals surface area contributed by atoms with Crippen LogP contribution < -0.4 is 14.9 Å². The summed E-state index contributed by atoms with van der Waals surface area (Å²) in [6.07, 6.45) is 1.70. The maximum Gasteiger partial charge on any atom is 0.285 e. The molecule has 0 radical (unpaired) electrons. The number of methoxy groups -OCH3 is 1. The van der Waals surface area contributed by atoms with Gasteiger partial charge in [-0.05, 0) is 42.9 Å². The number of hydrazine groups is 1. The molecule has 0 saturated carbocycles. The van der Waals surface area contributed by atoms with Crippen molar-refractivity contribution in [2.45, 2.75) is 13.8 Å². The number of carbonyl (C=O) groups excluding carboxylic acids is 2. The van der Waals surface area contributed by atoms with Crippen LogP contribution in [0, 0.1) is 0 Å². The molecular formula is C15H16N2O4S2. The quantitative estimate of drug-likeness (QED) is 0.648. The summed E-state index contributed by atoms with van der Waals surface area (Å²) in [6, 6.07) is 5.37. The van der Waals surface area contributed by atoms with Crippen molar-refractivity contribution in [3.05, 3.63) is 28.7 Å². The topological polar surface area (TPSA) is 67.9 Å². The van der Waals surface area contributed by atoms with Crippen molar-refractivity contribution in [1.82, 2.24) is 10.4 Å². The lowest BCUT2D eigenvalue weighted by Crippen LogP contribution is -2.43. The third-order valence-corrected chi connectivity index (χ3v) is 4.15. The molecule has 1 N–H and O–H groups in total. The Bertz CT molecular complexity index is 688. The second-order valence-electron chi connectivity index (χ2n) is 4.53. The Labute approximate surface area is 143 Å². The van der Waals surface area contributed by atoms with Gasteiger partial charge < -0.3 is 9.47 Å². The predicted molar refractivity (Wildman–Crippen MR) is 93.0 cm³/mol. The second-order valence-corrected chi connectivity index (χ2v) is 6.20. The third kappa shape index (κ3) is 4.02. The van der Waals surface area contributed by atoms with Crippen LogP contribution in [0.5, 0.6) is 11.5 Å². The number of nitrogens with one attached hydrogen (secondary N) is 1. The summed E-state index contributed by atoms with van der Waals surface area (Å²) in [5, 5.41) is 1.07. The fourth-order valence-corrected chi connectivity index (χ4v) is 3.10. The normalized spacial score (nSPS) is 16.0. The molecule has 8 heteroatoms. The first-order valence-electron chi connectivity index (χ1n) is 6.82. The lowest BCUT2D eigenvalue weighted by Gasteiger charge is -2.13. The molecule has 0 atom stereocenters. The van der Waals surface area contributed by atoms with E-state index < -0.39 is 0 Å². The molecule has 0 spiro atoms. The summed E-state index contributed by atoms with van der Waals surface area (Å²) in [5.74, 6) is 0.505. The van der Waals surface area contributed by atoms with Gasteiger partial charge in [0, 0.05) is 6.92 Å². The van der Waals surface area contributed by atoms with E-state index in [-0.39, 0.29) is 16.1 Å². The van der Waals surface area contributed by atoms with Crippen molar-refractivity contribution < 1.29 is 19.1 Å². The zero-order valence-corrected chi connectivity index (χ0v) is 14.5. The molecule has 2 rings (SSSR count). The molecule has 1 aromatic carbocycles. The summed E-state index contributed by atoms with van der Waals surface area (Å²) in [4.78, 5) is 23.8. The number of hydrogen-bond acceptors (Lipinski definition) is 6. The first-order valence-corrected chi connectivity index (χ1v) is 8.04. The second kappa shape index (κ2) is 7.47. The average molecular weight is 352 g/mol. The van der Waals surface area contributed by atoms with E-state index in [1.54, 1.807) is 25.3 Å². The minimum absolute atomic E-state index is 0.287. The highest BCUT2D eigenvalue weighted by Gasteiger charge is 2.33. The number of rotatable bonds is 5. The highest BCUT2D eigenvalue weighted by Crippen LogP contribution is 2.34. The Morgan fingerprint density at radius 1 is 1.43 bits per heavy atom. The Morgan fingerprint density at radius 2 is 2.17 bits per heavy atom. The van der Waals surface area contributed by atoms with Crippen molar-refractivity contribution >= 4 is 46.2 Å². The van der Waals surface area contributed by atoms with E-state index in [1.165, 1.54) is 6.92 Å². The molecule has 6 nitrogen and oxygen atoms in total. The highest BCUT2D eigenvalue weighted by atomic mass is 32.2. The van der Waals surface area contributed by atoms with Gasteiger partial charge in [-0.15, -0.1) is 0 Å². The molecule has 1 heterocycles. The number of thiocarbonyl (C=S) groups is 1. The van der Waals surface area contributed by atoms with E-state index >= 15 is 0 Å². The van der Waals surface area contributed by atoms with E-state index in [9.17, 15) is 9.59 Å². The molecule has 23 heavy (non-hydrogen) atoms. The van der Waals surface area contributed by atoms with Gasteiger partial charge in [-0.2, -0.15) is 5.01 Å². The van der Waals surface area contributed by atoms with Gasteiger partial charge in [0.05, 0.1) is 18.6 Å². The van der Waals surface area contributed by atoms with Crippen LogP contribution in [0.1, 0.15) is 19.4 Å². The van der Waals surface area contributed by atoms with E-state index in [4.69, 9.17) is 21.7 Å². The van der Waals surface area contributed by atoms with E-state index in [0.717, 1.165) is 22.3 Å². The van der Waals surface area contributed by atoms with Crippen molar-refractivity contribution in [2.24, 2.45) is 0 Å². The van der Waals surface area contributed by atoms with Crippen LogP contribution in [-0.4, -0.2) is 34.9 Å².